The maximum absolute atomic E-state index is 14.3. The number of imide groups is 1. The number of fused-ring (bicyclic) bond motifs is 1. The molecule has 2 aliphatic heterocycles. The number of oxazole rings is 1. The monoisotopic (exact) mass is 909 g/mol. The second-order valence-corrected chi connectivity index (χ2v) is 19.1. The maximum atomic E-state index is 14.3. The number of rotatable bonds is 19. The van der Waals surface area contributed by atoms with E-state index in [1.807, 2.05) is 24.3 Å². The summed E-state index contributed by atoms with van der Waals surface area (Å²) in [6.45, 7) is 5.17. The van der Waals surface area contributed by atoms with Gasteiger partial charge in [-0.25, -0.2) is 18.6 Å². The molecular formula is C49H61F2N9O6. The van der Waals surface area contributed by atoms with Gasteiger partial charge in [0.1, 0.15) is 23.7 Å². The Morgan fingerprint density at radius 1 is 1.00 bits per heavy atom. The quantitative estimate of drug-likeness (QED) is 0.0697. The van der Waals surface area contributed by atoms with Crippen LogP contribution in [0.3, 0.4) is 0 Å². The fourth-order valence-corrected chi connectivity index (χ4v) is 10.3. The summed E-state index contributed by atoms with van der Waals surface area (Å²) in [5.74, 6) is 0.452. The summed E-state index contributed by atoms with van der Waals surface area (Å²) in [6, 6.07) is 8.88. The molecule has 9 rings (SSSR count). The lowest BCUT2D eigenvalue weighted by Gasteiger charge is -2.35. The highest BCUT2D eigenvalue weighted by molar-refractivity contribution is 6.00. The van der Waals surface area contributed by atoms with Crippen LogP contribution < -0.4 is 11.0 Å². The van der Waals surface area contributed by atoms with E-state index in [1.54, 1.807) is 34.8 Å². The number of benzene rings is 1. The van der Waals surface area contributed by atoms with Gasteiger partial charge in [-0.3, -0.25) is 43.4 Å². The van der Waals surface area contributed by atoms with Gasteiger partial charge in [-0.05, 0) is 113 Å². The van der Waals surface area contributed by atoms with E-state index >= 15 is 0 Å². The minimum atomic E-state index is -2.80. The van der Waals surface area contributed by atoms with E-state index in [9.17, 15) is 28.0 Å². The molecule has 1 unspecified atom stereocenters. The number of alkyl halides is 2. The van der Waals surface area contributed by atoms with Gasteiger partial charge in [-0.1, -0.05) is 25.0 Å². The Bertz CT molecular complexity index is 2590. The van der Waals surface area contributed by atoms with Crippen LogP contribution in [0.15, 0.2) is 58.2 Å². The summed E-state index contributed by atoms with van der Waals surface area (Å²) in [5.41, 5.74) is 4.01. The molecule has 2 amide bonds. The van der Waals surface area contributed by atoms with Crippen LogP contribution in [0.5, 0.6) is 0 Å². The summed E-state index contributed by atoms with van der Waals surface area (Å²) in [5, 5.41) is 6.71. The molecule has 2 saturated heterocycles. The number of piperidine rings is 1. The van der Waals surface area contributed by atoms with Crippen LogP contribution in [-0.2, 0) is 40.6 Å². The molecule has 4 aliphatic rings. The third-order valence-corrected chi connectivity index (χ3v) is 14.2. The number of ether oxygens (including phenoxy) is 1. The SMILES string of the molecule is CN(CC[C@@H]1CN(CCCc2cccc3c2n(C)c(=O)n3C2CCC(=O)NC2=O)CCO1)CC1CCC(n2cc(CC(=O)c3coc(-c4ccnc(CCC5CC5)c4)n3)c(C(F)F)n2)CC1. The average Bonchev–Trinajstić information content (AvgIpc) is 3.71. The molecule has 2 aliphatic carbocycles. The zero-order valence-electron chi connectivity index (χ0n) is 38.0. The van der Waals surface area contributed by atoms with Crippen LogP contribution in [0.1, 0.15) is 122 Å². The van der Waals surface area contributed by atoms with Gasteiger partial charge in [-0.15, -0.1) is 0 Å². The van der Waals surface area contributed by atoms with E-state index < -0.39 is 24.2 Å². The fourth-order valence-electron chi connectivity index (χ4n) is 10.3. The number of morpholine rings is 1. The van der Waals surface area contributed by atoms with E-state index in [-0.39, 0.29) is 53.5 Å². The molecule has 4 fully saturated rings. The number of carbonyl (C=O) groups excluding carboxylic acids is 3. The third kappa shape index (κ3) is 10.6. The zero-order valence-corrected chi connectivity index (χ0v) is 38.0. The first-order chi connectivity index (χ1) is 32.0. The number of para-hydroxylation sites is 1. The highest BCUT2D eigenvalue weighted by Gasteiger charge is 2.33. The van der Waals surface area contributed by atoms with Gasteiger partial charge in [0.15, 0.2) is 5.78 Å². The van der Waals surface area contributed by atoms with Crippen LogP contribution >= 0.6 is 0 Å². The number of amides is 2. The van der Waals surface area contributed by atoms with Gasteiger partial charge in [-0.2, -0.15) is 5.10 Å². The number of hydrogen-bond donors (Lipinski definition) is 1. The number of pyridine rings is 1. The number of nitrogens with zero attached hydrogens (tertiary/aromatic N) is 8. The van der Waals surface area contributed by atoms with E-state index in [0.29, 0.717) is 30.4 Å². The highest BCUT2D eigenvalue weighted by atomic mass is 19.3. The number of aromatic nitrogens is 6. The molecule has 0 bridgehead atoms. The van der Waals surface area contributed by atoms with Crippen molar-refractivity contribution in [1.29, 1.82) is 0 Å². The number of halogens is 2. The molecule has 15 nitrogen and oxygen atoms in total. The first-order valence-electron chi connectivity index (χ1n) is 23.8. The van der Waals surface area contributed by atoms with Crippen molar-refractivity contribution in [3.63, 3.8) is 0 Å². The number of carbonyl (C=O) groups is 3. The molecule has 5 aromatic rings. The number of ketones is 1. The van der Waals surface area contributed by atoms with Gasteiger partial charge in [0.25, 0.3) is 6.43 Å². The molecule has 4 aromatic heterocycles. The Morgan fingerprint density at radius 3 is 2.61 bits per heavy atom. The average molecular weight is 910 g/mol. The van der Waals surface area contributed by atoms with Crippen LogP contribution in [0.2, 0.25) is 0 Å². The number of Topliss-reactive ketones (excluding diaryl/α,β-unsaturated/α-hetero) is 1. The summed E-state index contributed by atoms with van der Waals surface area (Å²) in [7, 11) is 3.90. The minimum Gasteiger partial charge on any atom is -0.444 e. The molecule has 66 heavy (non-hydrogen) atoms. The standard InChI is InChI=1S/C49H61F2N9O6/c1-56(22-19-38-29-58(23-24-65-38)21-4-6-33-5-3-7-40-45(33)57(2)49(64)60(40)41-16-17-43(62)54-47(41)63)27-32-11-14-37(15-12-32)59-28-35(44(55-59)46(50)51)26-42(61)39-30-66-48(53-39)34-18-20-52-36(25-34)13-10-31-8-9-31/h3,5,7,18,20,25,28,30-32,37-38,41,46H,4,6,8-17,19,21-24,26-27,29H2,1-2H3,(H,54,62,63)/t32?,37?,38-,41?/m1/s1. The van der Waals surface area contributed by atoms with Crippen LogP contribution in [0, 0.1) is 11.8 Å². The normalized spacial score (nSPS) is 21.9. The topological polar surface area (TPSA) is 163 Å². The Labute approximate surface area is 382 Å². The van der Waals surface area contributed by atoms with Gasteiger partial charge in [0.05, 0.1) is 29.8 Å². The zero-order chi connectivity index (χ0) is 45.9. The number of nitrogens with one attached hydrogen (secondary N) is 1. The fraction of sp³-hybridized carbons (Fsp3) is 0.571. The summed E-state index contributed by atoms with van der Waals surface area (Å²) < 4.78 is 45.2. The first-order valence-corrected chi connectivity index (χ1v) is 23.8. The number of aryl methyl sites for hydroxylation is 3. The predicted molar refractivity (Wildman–Crippen MR) is 242 cm³/mol. The first kappa shape index (κ1) is 45.8. The van der Waals surface area contributed by atoms with E-state index in [2.05, 4.69) is 37.2 Å². The predicted octanol–water partition coefficient (Wildman–Crippen LogP) is 6.66. The summed E-state index contributed by atoms with van der Waals surface area (Å²) in [6.07, 6.45) is 13.0. The van der Waals surface area contributed by atoms with Crippen LogP contribution in [0.4, 0.5) is 8.78 Å². The van der Waals surface area contributed by atoms with Gasteiger partial charge in [0, 0.05) is 75.3 Å². The molecule has 17 heteroatoms. The lowest BCUT2D eigenvalue weighted by Crippen LogP contribution is -2.44. The molecule has 1 N–H and O–H groups in total. The number of hydrogen-bond acceptors (Lipinski definition) is 11. The Balaban J connectivity index is 0.714. The Kier molecular flexibility index (Phi) is 14.0. The highest BCUT2D eigenvalue weighted by Crippen LogP contribution is 2.35. The van der Waals surface area contributed by atoms with Gasteiger partial charge >= 0.3 is 5.69 Å². The smallest absolute Gasteiger partial charge is 0.329 e. The summed E-state index contributed by atoms with van der Waals surface area (Å²) in [4.78, 5) is 64.8. The van der Waals surface area contributed by atoms with Crippen molar-refractivity contribution in [1.82, 2.24) is 44.0 Å². The van der Waals surface area contributed by atoms with Gasteiger partial charge in [0.2, 0.25) is 17.7 Å². The van der Waals surface area contributed by atoms with Gasteiger partial charge < -0.3 is 14.1 Å². The van der Waals surface area contributed by atoms with Crippen molar-refractivity contribution in [2.24, 2.45) is 18.9 Å². The molecule has 6 heterocycles. The lowest BCUT2D eigenvalue weighted by molar-refractivity contribution is -0.135. The lowest BCUT2D eigenvalue weighted by atomic mass is 9.85. The van der Waals surface area contributed by atoms with E-state index in [1.165, 1.54) is 23.7 Å². The van der Waals surface area contributed by atoms with E-state index in [4.69, 9.17) is 9.15 Å². The molecular weight excluding hydrogens is 849 g/mol. The Morgan fingerprint density at radius 2 is 1.82 bits per heavy atom. The van der Waals surface area contributed by atoms with E-state index in [0.717, 1.165) is 119 Å². The molecule has 0 radical (unpaired) electrons. The van der Waals surface area contributed by atoms with Crippen LogP contribution in [-0.4, -0.2) is 109 Å². The van der Waals surface area contributed by atoms with Crippen molar-refractivity contribution in [3.8, 4) is 11.5 Å². The van der Waals surface area contributed by atoms with Crippen molar-refractivity contribution < 1.29 is 32.3 Å². The molecule has 352 valence electrons. The Hall–Kier alpha value is -5.39. The van der Waals surface area contributed by atoms with Crippen molar-refractivity contribution in [2.75, 3.05) is 46.4 Å². The summed E-state index contributed by atoms with van der Waals surface area (Å²) >= 11 is 0. The van der Waals surface area contributed by atoms with Crippen molar-refractivity contribution >= 4 is 28.6 Å². The molecule has 2 saturated carbocycles. The third-order valence-electron chi connectivity index (χ3n) is 14.2. The second-order valence-electron chi connectivity index (χ2n) is 19.1. The van der Waals surface area contributed by atoms with Crippen LogP contribution in [0.25, 0.3) is 22.5 Å². The maximum Gasteiger partial charge on any atom is 0.329 e. The second kappa shape index (κ2) is 20.2. The largest absolute Gasteiger partial charge is 0.444 e. The van der Waals surface area contributed by atoms with Crippen molar-refractivity contribution in [3.05, 3.63) is 87.7 Å². The molecule has 0 spiro atoms. The van der Waals surface area contributed by atoms with Crippen molar-refractivity contribution in [2.45, 2.75) is 115 Å². The number of imidazole rings is 1. The minimum absolute atomic E-state index is 0.00674. The molecule has 1 aromatic carbocycles. The molecule has 2 atom stereocenters.